The van der Waals surface area contributed by atoms with Crippen LogP contribution in [-0.2, 0) is 4.79 Å². The Morgan fingerprint density at radius 2 is 1.59 bits per heavy atom. The summed E-state index contributed by atoms with van der Waals surface area (Å²) in [7, 11) is 0. The van der Waals surface area contributed by atoms with Gasteiger partial charge in [-0.2, -0.15) is 0 Å². The number of amides is 2. The molecule has 146 valence electrons. The van der Waals surface area contributed by atoms with E-state index in [9.17, 15) is 14.0 Å². The highest BCUT2D eigenvalue weighted by molar-refractivity contribution is 9.10. The van der Waals surface area contributed by atoms with Crippen LogP contribution in [0.5, 0.6) is 0 Å². The molecule has 0 spiro atoms. The smallest absolute Gasteiger partial charge is 0.272 e. The predicted molar refractivity (Wildman–Crippen MR) is 116 cm³/mol. The molecule has 29 heavy (non-hydrogen) atoms. The molecule has 0 aliphatic rings. The molecule has 0 atom stereocenters. The number of nitrogens with one attached hydrogen (secondary N) is 2. The third kappa shape index (κ3) is 5.76. The van der Waals surface area contributed by atoms with E-state index in [1.807, 2.05) is 0 Å². The molecule has 0 radical (unpaired) electrons. The number of carbonyl (C=O) groups excluding carboxylic acids is 2. The molecule has 0 unspecified atom stereocenters. The molecule has 0 aliphatic carbocycles. The molecule has 0 saturated heterocycles. The van der Waals surface area contributed by atoms with Crippen molar-refractivity contribution in [3.63, 3.8) is 0 Å². The Hall–Kier alpha value is -2.96. The molecule has 0 aliphatic heterocycles. The van der Waals surface area contributed by atoms with Gasteiger partial charge in [0.25, 0.3) is 11.8 Å². The Morgan fingerprint density at radius 1 is 0.931 bits per heavy atom. The SMILES string of the molecule is O=C(Nc1ccc(Br)cc1)C(=Cc1ccc(F)cc1)NC(=O)c1ccccc1Cl. The molecule has 3 aromatic rings. The topological polar surface area (TPSA) is 58.2 Å². The lowest BCUT2D eigenvalue weighted by molar-refractivity contribution is -0.113. The van der Waals surface area contributed by atoms with Crippen molar-refractivity contribution in [2.24, 2.45) is 0 Å². The van der Waals surface area contributed by atoms with E-state index < -0.39 is 17.6 Å². The van der Waals surface area contributed by atoms with E-state index >= 15 is 0 Å². The third-order valence-corrected chi connectivity index (χ3v) is 4.75. The lowest BCUT2D eigenvalue weighted by atomic mass is 10.1. The summed E-state index contributed by atoms with van der Waals surface area (Å²) in [5.41, 5.74) is 1.32. The van der Waals surface area contributed by atoms with Gasteiger partial charge in [0.15, 0.2) is 0 Å². The summed E-state index contributed by atoms with van der Waals surface area (Å²) in [6.07, 6.45) is 1.46. The van der Waals surface area contributed by atoms with E-state index in [0.29, 0.717) is 11.3 Å². The van der Waals surface area contributed by atoms with Gasteiger partial charge in [0.1, 0.15) is 11.5 Å². The number of halogens is 3. The van der Waals surface area contributed by atoms with Crippen molar-refractivity contribution in [3.8, 4) is 0 Å². The van der Waals surface area contributed by atoms with E-state index in [1.165, 1.54) is 30.3 Å². The van der Waals surface area contributed by atoms with Crippen molar-refractivity contribution in [2.45, 2.75) is 0 Å². The predicted octanol–water partition coefficient (Wildman–Crippen LogP) is 5.65. The average molecular weight is 474 g/mol. The van der Waals surface area contributed by atoms with Gasteiger partial charge in [-0.25, -0.2) is 4.39 Å². The molecule has 2 N–H and O–H groups in total. The minimum Gasteiger partial charge on any atom is -0.321 e. The first kappa shape index (κ1) is 20.8. The van der Waals surface area contributed by atoms with Crippen LogP contribution in [0.3, 0.4) is 0 Å². The number of rotatable bonds is 5. The fraction of sp³-hybridized carbons (Fsp3) is 0. The van der Waals surface area contributed by atoms with E-state index in [-0.39, 0.29) is 16.3 Å². The van der Waals surface area contributed by atoms with Crippen LogP contribution in [-0.4, -0.2) is 11.8 Å². The second-order valence-electron chi connectivity index (χ2n) is 6.00. The first-order valence-electron chi connectivity index (χ1n) is 8.52. The fourth-order valence-corrected chi connectivity index (χ4v) is 2.94. The molecule has 0 bridgehead atoms. The van der Waals surface area contributed by atoms with Gasteiger partial charge in [-0.15, -0.1) is 0 Å². The first-order chi connectivity index (χ1) is 13.9. The van der Waals surface area contributed by atoms with Gasteiger partial charge >= 0.3 is 0 Å². The summed E-state index contributed by atoms with van der Waals surface area (Å²) in [6.45, 7) is 0. The van der Waals surface area contributed by atoms with Crippen molar-refractivity contribution in [2.75, 3.05) is 5.32 Å². The zero-order valence-electron chi connectivity index (χ0n) is 15.0. The standard InChI is InChI=1S/C22H15BrClFN2O2/c23-15-7-11-17(12-8-15)26-22(29)20(13-14-5-9-16(25)10-6-14)27-21(28)18-3-1-2-4-19(18)24/h1-13H,(H,26,29)(H,27,28). The highest BCUT2D eigenvalue weighted by Gasteiger charge is 2.17. The molecule has 7 heteroatoms. The number of hydrogen-bond donors (Lipinski definition) is 2. The van der Waals surface area contributed by atoms with Gasteiger partial charge < -0.3 is 10.6 Å². The highest BCUT2D eigenvalue weighted by atomic mass is 79.9. The molecule has 4 nitrogen and oxygen atoms in total. The molecule has 2 amide bonds. The van der Waals surface area contributed by atoms with Crippen molar-refractivity contribution in [3.05, 3.63) is 105 Å². The third-order valence-electron chi connectivity index (χ3n) is 3.89. The van der Waals surface area contributed by atoms with Crippen LogP contribution < -0.4 is 10.6 Å². The van der Waals surface area contributed by atoms with Crippen molar-refractivity contribution in [1.82, 2.24) is 5.32 Å². The lowest BCUT2D eigenvalue weighted by Gasteiger charge is -2.12. The normalized spacial score (nSPS) is 11.1. The molecule has 3 aromatic carbocycles. The second kappa shape index (κ2) is 9.49. The molecule has 0 fully saturated rings. The van der Waals surface area contributed by atoms with Gasteiger partial charge in [-0.3, -0.25) is 9.59 Å². The summed E-state index contributed by atoms with van der Waals surface area (Å²) < 4.78 is 14.1. The van der Waals surface area contributed by atoms with Crippen LogP contribution >= 0.6 is 27.5 Å². The Balaban J connectivity index is 1.89. The molecule has 0 aromatic heterocycles. The van der Waals surface area contributed by atoms with Gasteiger partial charge in [0.2, 0.25) is 0 Å². The van der Waals surface area contributed by atoms with Gasteiger partial charge in [-0.05, 0) is 60.2 Å². The maximum atomic E-state index is 13.2. The monoisotopic (exact) mass is 472 g/mol. The van der Waals surface area contributed by atoms with E-state index in [1.54, 1.807) is 48.5 Å². The second-order valence-corrected chi connectivity index (χ2v) is 7.33. The molecule has 0 heterocycles. The zero-order chi connectivity index (χ0) is 20.8. The van der Waals surface area contributed by atoms with Gasteiger partial charge in [0.05, 0.1) is 10.6 Å². The average Bonchev–Trinajstić information content (AvgIpc) is 2.71. The van der Waals surface area contributed by atoms with Crippen LogP contribution in [0, 0.1) is 5.82 Å². The van der Waals surface area contributed by atoms with Gasteiger partial charge in [-0.1, -0.05) is 51.8 Å². The van der Waals surface area contributed by atoms with Crippen LogP contribution in [0.15, 0.2) is 83.0 Å². The van der Waals surface area contributed by atoms with Crippen LogP contribution in [0.25, 0.3) is 6.08 Å². The summed E-state index contributed by atoms with van der Waals surface area (Å²) >= 11 is 9.41. The fourth-order valence-electron chi connectivity index (χ4n) is 2.45. The molecule has 0 saturated carbocycles. The Kier molecular flexibility index (Phi) is 6.80. The Morgan fingerprint density at radius 3 is 2.24 bits per heavy atom. The van der Waals surface area contributed by atoms with Gasteiger partial charge in [0, 0.05) is 10.2 Å². The minimum atomic E-state index is -0.532. The quantitative estimate of drug-likeness (QED) is 0.470. The minimum absolute atomic E-state index is 0.00977. The number of anilines is 1. The van der Waals surface area contributed by atoms with Crippen LogP contribution in [0.2, 0.25) is 5.02 Å². The molecular weight excluding hydrogens is 459 g/mol. The summed E-state index contributed by atoms with van der Waals surface area (Å²) in [5, 5.41) is 5.58. The van der Waals surface area contributed by atoms with Crippen molar-refractivity contribution < 1.29 is 14.0 Å². The number of hydrogen-bond acceptors (Lipinski definition) is 2. The first-order valence-corrected chi connectivity index (χ1v) is 9.69. The van der Waals surface area contributed by atoms with Crippen LogP contribution in [0.4, 0.5) is 10.1 Å². The number of carbonyl (C=O) groups is 2. The Labute approximate surface area is 180 Å². The molecule has 3 rings (SSSR count). The van der Waals surface area contributed by atoms with Crippen LogP contribution in [0.1, 0.15) is 15.9 Å². The largest absolute Gasteiger partial charge is 0.321 e. The summed E-state index contributed by atoms with van der Waals surface area (Å²) in [4.78, 5) is 25.4. The Bertz CT molecular complexity index is 1070. The maximum Gasteiger partial charge on any atom is 0.272 e. The summed E-state index contributed by atoms with van der Waals surface area (Å²) in [5.74, 6) is -1.46. The maximum absolute atomic E-state index is 13.2. The number of benzene rings is 3. The zero-order valence-corrected chi connectivity index (χ0v) is 17.3. The highest BCUT2D eigenvalue weighted by Crippen LogP contribution is 2.18. The van der Waals surface area contributed by atoms with Crippen molar-refractivity contribution >= 4 is 51.1 Å². The van der Waals surface area contributed by atoms with E-state index in [0.717, 1.165) is 4.47 Å². The lowest BCUT2D eigenvalue weighted by Crippen LogP contribution is -2.30. The van der Waals surface area contributed by atoms with E-state index in [4.69, 9.17) is 11.6 Å². The summed E-state index contributed by atoms with van der Waals surface area (Å²) in [6, 6.07) is 19.1. The molecular formula is C22H15BrClFN2O2. The van der Waals surface area contributed by atoms with E-state index in [2.05, 4.69) is 26.6 Å². The van der Waals surface area contributed by atoms with Crippen molar-refractivity contribution in [1.29, 1.82) is 0 Å².